The summed E-state index contributed by atoms with van der Waals surface area (Å²) in [5.74, 6) is 0.772. The molecule has 1 fully saturated rings. The monoisotopic (exact) mass is 322 g/mol. The number of rotatable bonds is 5. The lowest BCUT2D eigenvalue weighted by molar-refractivity contribution is -0.121. The second-order valence-corrected chi connectivity index (χ2v) is 6.85. The predicted octanol–water partition coefficient (Wildman–Crippen LogP) is 2.73. The summed E-state index contributed by atoms with van der Waals surface area (Å²) in [5.41, 5.74) is -0.503. The molecular weight excluding hydrogens is 296 g/mol. The van der Waals surface area contributed by atoms with Gasteiger partial charge in [-0.2, -0.15) is 0 Å². The Morgan fingerprint density at radius 2 is 2.22 bits per heavy atom. The number of likely N-dealkylation sites (tertiary alicyclic amines) is 1. The van der Waals surface area contributed by atoms with Crippen LogP contribution < -0.4 is 5.32 Å². The lowest BCUT2D eigenvalue weighted by atomic mass is 10.2. The summed E-state index contributed by atoms with van der Waals surface area (Å²) in [7, 11) is 0. The molecule has 1 N–H and O–H groups in total. The smallest absolute Gasteiger partial charge is 0.410 e. The molecule has 23 heavy (non-hydrogen) atoms. The highest BCUT2D eigenvalue weighted by atomic mass is 16.6. The van der Waals surface area contributed by atoms with Crippen molar-refractivity contribution >= 4 is 12.0 Å². The van der Waals surface area contributed by atoms with Gasteiger partial charge >= 0.3 is 6.09 Å². The number of hydrogen-bond acceptors (Lipinski definition) is 4. The first-order valence-corrected chi connectivity index (χ1v) is 8.14. The topological polar surface area (TPSA) is 71.8 Å². The van der Waals surface area contributed by atoms with Gasteiger partial charge in [0.05, 0.1) is 12.3 Å². The van der Waals surface area contributed by atoms with E-state index in [-0.39, 0.29) is 18.0 Å². The lowest BCUT2D eigenvalue weighted by Gasteiger charge is -2.28. The Labute approximate surface area is 137 Å². The van der Waals surface area contributed by atoms with Crippen molar-refractivity contribution in [1.29, 1.82) is 0 Å². The molecule has 6 nitrogen and oxygen atoms in total. The molecule has 1 aliphatic rings. The van der Waals surface area contributed by atoms with Gasteiger partial charge in [-0.3, -0.25) is 4.79 Å². The standard InChI is InChI=1S/C17H26N2O4/c1-17(2,3)23-16(21)19-10-4-6-13(19)12-18-15(20)9-8-14-7-5-11-22-14/h5,7,11,13H,4,6,8-10,12H2,1-3H3,(H,18,20)/t13-/m1/s1. The summed E-state index contributed by atoms with van der Waals surface area (Å²) < 4.78 is 10.6. The Morgan fingerprint density at radius 1 is 1.43 bits per heavy atom. The van der Waals surface area contributed by atoms with Crippen LogP contribution in [0.1, 0.15) is 45.8 Å². The van der Waals surface area contributed by atoms with E-state index in [4.69, 9.17) is 9.15 Å². The molecule has 0 radical (unpaired) electrons. The van der Waals surface area contributed by atoms with Crippen molar-refractivity contribution in [2.24, 2.45) is 0 Å². The molecule has 0 spiro atoms. The van der Waals surface area contributed by atoms with E-state index in [1.165, 1.54) is 0 Å². The first-order chi connectivity index (χ1) is 10.8. The second kappa shape index (κ2) is 7.53. The average Bonchev–Trinajstić information content (AvgIpc) is 3.12. The molecule has 1 aromatic heterocycles. The third kappa shape index (κ3) is 5.62. The number of carbonyl (C=O) groups excluding carboxylic acids is 2. The summed E-state index contributed by atoms with van der Waals surface area (Å²) in [5, 5.41) is 2.90. The van der Waals surface area contributed by atoms with Crippen LogP contribution in [-0.4, -0.2) is 41.6 Å². The van der Waals surface area contributed by atoms with Crippen LogP contribution in [0.4, 0.5) is 4.79 Å². The normalized spacial score (nSPS) is 18.0. The highest BCUT2D eigenvalue weighted by molar-refractivity contribution is 5.76. The van der Waals surface area contributed by atoms with Crippen LogP contribution in [0.3, 0.4) is 0 Å². The minimum Gasteiger partial charge on any atom is -0.469 e. The number of nitrogens with one attached hydrogen (secondary N) is 1. The minimum atomic E-state index is -0.503. The van der Waals surface area contributed by atoms with E-state index in [9.17, 15) is 9.59 Å². The second-order valence-electron chi connectivity index (χ2n) is 6.85. The van der Waals surface area contributed by atoms with Crippen LogP contribution >= 0.6 is 0 Å². The highest BCUT2D eigenvalue weighted by Gasteiger charge is 2.32. The maximum atomic E-state index is 12.2. The van der Waals surface area contributed by atoms with Crippen LogP contribution in [0.25, 0.3) is 0 Å². The largest absolute Gasteiger partial charge is 0.469 e. The summed E-state index contributed by atoms with van der Waals surface area (Å²) in [4.78, 5) is 25.8. The molecule has 0 aromatic carbocycles. The molecule has 2 rings (SSSR count). The first-order valence-electron chi connectivity index (χ1n) is 8.14. The van der Waals surface area contributed by atoms with E-state index in [0.29, 0.717) is 25.9 Å². The molecule has 0 aliphatic carbocycles. The van der Waals surface area contributed by atoms with Crippen molar-refractivity contribution in [3.63, 3.8) is 0 Å². The molecule has 0 unspecified atom stereocenters. The number of aryl methyl sites for hydroxylation is 1. The summed E-state index contributed by atoms with van der Waals surface area (Å²) in [6.07, 6.45) is 4.09. The Balaban J connectivity index is 1.75. The van der Waals surface area contributed by atoms with Crippen LogP contribution in [0.15, 0.2) is 22.8 Å². The van der Waals surface area contributed by atoms with Crippen LogP contribution in [0.2, 0.25) is 0 Å². The minimum absolute atomic E-state index is 0.0115. The van der Waals surface area contributed by atoms with Gasteiger partial charge in [0.25, 0.3) is 0 Å². The number of nitrogens with zero attached hydrogens (tertiary/aromatic N) is 1. The maximum Gasteiger partial charge on any atom is 0.410 e. The molecule has 1 atom stereocenters. The molecule has 2 heterocycles. The zero-order valence-corrected chi connectivity index (χ0v) is 14.1. The third-order valence-electron chi connectivity index (χ3n) is 3.72. The molecule has 128 valence electrons. The van der Waals surface area contributed by atoms with Gasteiger partial charge in [-0.05, 0) is 45.7 Å². The summed E-state index contributed by atoms with van der Waals surface area (Å²) in [6, 6.07) is 3.68. The van der Waals surface area contributed by atoms with Gasteiger partial charge in [-0.15, -0.1) is 0 Å². The number of hydrogen-bond donors (Lipinski definition) is 1. The average molecular weight is 322 g/mol. The Bertz CT molecular complexity index is 519. The highest BCUT2D eigenvalue weighted by Crippen LogP contribution is 2.20. The van der Waals surface area contributed by atoms with Gasteiger partial charge in [-0.1, -0.05) is 0 Å². The predicted molar refractivity (Wildman–Crippen MR) is 86.0 cm³/mol. The molecule has 1 aromatic rings. The molecule has 2 amide bonds. The van der Waals surface area contributed by atoms with Gasteiger partial charge in [0.2, 0.25) is 5.91 Å². The van der Waals surface area contributed by atoms with Gasteiger partial charge in [0.15, 0.2) is 0 Å². The van der Waals surface area contributed by atoms with Gasteiger partial charge in [0.1, 0.15) is 11.4 Å². The zero-order valence-electron chi connectivity index (χ0n) is 14.1. The van der Waals surface area contributed by atoms with E-state index in [1.54, 1.807) is 11.2 Å². The van der Waals surface area contributed by atoms with Crippen LogP contribution in [0.5, 0.6) is 0 Å². The Hall–Kier alpha value is -1.98. The third-order valence-corrected chi connectivity index (χ3v) is 3.72. The maximum absolute atomic E-state index is 12.2. The van der Waals surface area contributed by atoms with Crippen molar-refractivity contribution in [2.45, 2.75) is 58.1 Å². The number of furan rings is 1. The fourth-order valence-corrected chi connectivity index (χ4v) is 2.62. The van der Waals surface area contributed by atoms with E-state index in [2.05, 4.69) is 5.32 Å². The lowest BCUT2D eigenvalue weighted by Crippen LogP contribution is -2.45. The van der Waals surface area contributed by atoms with Crippen molar-refractivity contribution in [2.75, 3.05) is 13.1 Å². The molecule has 0 saturated carbocycles. The van der Waals surface area contributed by atoms with Crippen LogP contribution in [-0.2, 0) is 16.0 Å². The van der Waals surface area contributed by atoms with Crippen LogP contribution in [0, 0.1) is 0 Å². The van der Waals surface area contributed by atoms with E-state index < -0.39 is 5.60 Å². The Kier molecular flexibility index (Phi) is 5.69. The summed E-state index contributed by atoms with van der Waals surface area (Å²) >= 11 is 0. The number of ether oxygens (including phenoxy) is 1. The van der Waals surface area contributed by atoms with E-state index in [1.807, 2.05) is 32.9 Å². The molecule has 1 saturated heterocycles. The van der Waals surface area contributed by atoms with Gasteiger partial charge in [0, 0.05) is 25.9 Å². The van der Waals surface area contributed by atoms with Crippen molar-refractivity contribution in [1.82, 2.24) is 10.2 Å². The van der Waals surface area contributed by atoms with Gasteiger partial charge in [-0.25, -0.2) is 4.79 Å². The number of carbonyl (C=O) groups is 2. The quantitative estimate of drug-likeness (QED) is 0.905. The zero-order chi connectivity index (χ0) is 16.9. The SMILES string of the molecule is CC(C)(C)OC(=O)N1CCC[C@@H]1CNC(=O)CCc1ccco1. The Morgan fingerprint density at radius 3 is 2.87 bits per heavy atom. The van der Waals surface area contributed by atoms with E-state index >= 15 is 0 Å². The molecule has 1 aliphatic heterocycles. The van der Waals surface area contributed by atoms with Crippen molar-refractivity contribution in [3.05, 3.63) is 24.2 Å². The number of amides is 2. The van der Waals surface area contributed by atoms with E-state index in [0.717, 1.165) is 18.6 Å². The van der Waals surface area contributed by atoms with Crippen molar-refractivity contribution < 1.29 is 18.7 Å². The summed E-state index contributed by atoms with van der Waals surface area (Å²) in [6.45, 7) is 6.71. The molecular formula is C17H26N2O4. The molecule has 6 heteroatoms. The van der Waals surface area contributed by atoms with Gasteiger partial charge < -0.3 is 19.4 Å². The first kappa shape index (κ1) is 17.4. The fourth-order valence-electron chi connectivity index (χ4n) is 2.62. The van der Waals surface area contributed by atoms with Crippen molar-refractivity contribution in [3.8, 4) is 0 Å². The molecule has 0 bridgehead atoms. The fraction of sp³-hybridized carbons (Fsp3) is 0.647.